The second-order valence-corrected chi connectivity index (χ2v) is 4.03. The Balaban J connectivity index is 2.51. The van der Waals surface area contributed by atoms with Gasteiger partial charge in [-0.25, -0.2) is 0 Å². The first kappa shape index (κ1) is 9.80. The quantitative estimate of drug-likeness (QED) is 0.796. The van der Waals surface area contributed by atoms with Gasteiger partial charge in [0.25, 0.3) is 0 Å². The van der Waals surface area contributed by atoms with E-state index in [-0.39, 0.29) is 0 Å². The third kappa shape index (κ3) is 2.64. The summed E-state index contributed by atoms with van der Waals surface area (Å²) in [6.07, 6.45) is 3.21. The first-order valence-electron chi connectivity index (χ1n) is 3.92. The predicted molar refractivity (Wildman–Crippen MR) is 55.9 cm³/mol. The summed E-state index contributed by atoms with van der Waals surface area (Å²) in [5, 5.41) is 8.48. The van der Waals surface area contributed by atoms with Crippen LogP contribution in [0.3, 0.4) is 0 Å². The van der Waals surface area contributed by atoms with Gasteiger partial charge in [-0.1, -0.05) is 11.4 Å². The third-order valence-corrected chi connectivity index (χ3v) is 2.66. The molecule has 5 heteroatoms. The Morgan fingerprint density at radius 1 is 1.58 bits per heavy atom. The largest absolute Gasteiger partial charge is 0.374 e. The molecule has 68 valence electrons. The summed E-state index contributed by atoms with van der Waals surface area (Å²) in [6, 6.07) is 0. The van der Waals surface area contributed by atoms with Gasteiger partial charge < -0.3 is 5.32 Å². The van der Waals surface area contributed by atoms with Gasteiger partial charge in [0.1, 0.15) is 10.7 Å². The molecule has 1 aromatic rings. The molecule has 12 heavy (non-hydrogen) atoms. The van der Waals surface area contributed by atoms with Crippen LogP contribution in [-0.4, -0.2) is 22.4 Å². The predicted octanol–water partition coefficient (Wildman–Crippen LogP) is 2.22. The Labute approximate surface area is 81.1 Å². The molecule has 0 aliphatic carbocycles. The van der Waals surface area contributed by atoms with Crippen LogP contribution in [0.15, 0.2) is 0 Å². The monoisotopic (exact) mass is 203 g/mol. The van der Waals surface area contributed by atoms with Gasteiger partial charge in [0.15, 0.2) is 0 Å². The molecule has 0 amide bonds. The van der Waals surface area contributed by atoms with Crippen LogP contribution in [-0.2, 0) is 5.75 Å². The van der Waals surface area contributed by atoms with Crippen LogP contribution in [0.4, 0.5) is 5.00 Å². The molecular weight excluding hydrogens is 190 g/mol. The zero-order chi connectivity index (χ0) is 8.81. The summed E-state index contributed by atoms with van der Waals surface area (Å²) in [7, 11) is 0. The lowest BCUT2D eigenvalue weighted by molar-refractivity contribution is 0.976. The number of aromatic nitrogens is 2. The van der Waals surface area contributed by atoms with E-state index in [2.05, 4.69) is 28.1 Å². The fourth-order valence-electron chi connectivity index (χ4n) is 0.813. The van der Waals surface area contributed by atoms with E-state index in [4.69, 9.17) is 0 Å². The number of hydrogen-bond acceptors (Lipinski definition) is 5. The third-order valence-electron chi connectivity index (χ3n) is 1.37. The van der Waals surface area contributed by atoms with Crippen molar-refractivity contribution in [2.24, 2.45) is 0 Å². The lowest BCUT2D eigenvalue weighted by Crippen LogP contribution is -1.99. The van der Waals surface area contributed by atoms with E-state index >= 15 is 0 Å². The maximum atomic E-state index is 4.04. The van der Waals surface area contributed by atoms with Crippen LogP contribution in [0.1, 0.15) is 19.0 Å². The average Bonchev–Trinajstić information content (AvgIpc) is 2.50. The van der Waals surface area contributed by atoms with Crippen LogP contribution >= 0.6 is 23.3 Å². The number of nitrogens with one attached hydrogen (secondary N) is 1. The van der Waals surface area contributed by atoms with Crippen LogP contribution < -0.4 is 5.32 Å². The summed E-state index contributed by atoms with van der Waals surface area (Å²) >= 11 is 3.22. The van der Waals surface area contributed by atoms with Gasteiger partial charge in [0.05, 0.1) is 0 Å². The molecule has 0 spiro atoms. The molecule has 0 bridgehead atoms. The zero-order valence-corrected chi connectivity index (χ0v) is 8.97. The minimum atomic E-state index is 0.947. The SMILES string of the molecule is CCCNc1snnc1CSC. The highest BCUT2D eigenvalue weighted by molar-refractivity contribution is 7.97. The van der Waals surface area contributed by atoms with E-state index < -0.39 is 0 Å². The standard InChI is InChI=1S/C7H13N3S2/c1-3-4-8-7-6(5-11-2)9-10-12-7/h8H,3-5H2,1-2H3. The van der Waals surface area contributed by atoms with Crippen LogP contribution in [0.25, 0.3) is 0 Å². The van der Waals surface area contributed by atoms with Crippen LogP contribution in [0.2, 0.25) is 0 Å². The van der Waals surface area contributed by atoms with E-state index in [0.717, 1.165) is 29.4 Å². The van der Waals surface area contributed by atoms with E-state index in [0.29, 0.717) is 0 Å². The molecule has 0 fully saturated rings. The Morgan fingerprint density at radius 2 is 2.42 bits per heavy atom. The zero-order valence-electron chi connectivity index (χ0n) is 7.33. The van der Waals surface area contributed by atoms with Crippen LogP contribution in [0.5, 0.6) is 0 Å². The van der Waals surface area contributed by atoms with Crippen molar-refractivity contribution in [1.82, 2.24) is 9.59 Å². The molecule has 0 radical (unpaired) electrons. The van der Waals surface area contributed by atoms with Gasteiger partial charge in [-0.3, -0.25) is 0 Å². The number of rotatable bonds is 5. The summed E-state index contributed by atoms with van der Waals surface area (Å²) in [6.45, 7) is 3.15. The van der Waals surface area contributed by atoms with Gasteiger partial charge >= 0.3 is 0 Å². The van der Waals surface area contributed by atoms with Crippen molar-refractivity contribution in [1.29, 1.82) is 0 Å². The molecule has 0 unspecified atom stereocenters. The van der Waals surface area contributed by atoms with Crippen LogP contribution in [0, 0.1) is 0 Å². The number of thioether (sulfide) groups is 1. The van der Waals surface area contributed by atoms with E-state index in [9.17, 15) is 0 Å². The minimum Gasteiger partial charge on any atom is -0.374 e. The van der Waals surface area contributed by atoms with Crippen molar-refractivity contribution in [3.63, 3.8) is 0 Å². The van der Waals surface area contributed by atoms with E-state index in [1.54, 1.807) is 11.8 Å². The lowest BCUT2D eigenvalue weighted by Gasteiger charge is -2.01. The summed E-state index contributed by atoms with van der Waals surface area (Å²) in [5.41, 5.74) is 1.08. The van der Waals surface area contributed by atoms with Crippen molar-refractivity contribution < 1.29 is 0 Å². The molecule has 1 heterocycles. The molecule has 0 aromatic carbocycles. The van der Waals surface area contributed by atoms with Crippen molar-refractivity contribution >= 4 is 28.3 Å². The summed E-state index contributed by atoms with van der Waals surface area (Å²) < 4.78 is 3.91. The number of nitrogens with zero attached hydrogens (tertiary/aromatic N) is 2. The molecule has 0 saturated carbocycles. The minimum absolute atomic E-state index is 0.947. The highest BCUT2D eigenvalue weighted by Gasteiger charge is 2.04. The molecule has 0 atom stereocenters. The average molecular weight is 203 g/mol. The molecule has 1 aromatic heterocycles. The second kappa shape index (κ2) is 5.37. The Morgan fingerprint density at radius 3 is 3.08 bits per heavy atom. The second-order valence-electron chi connectivity index (χ2n) is 2.41. The Hall–Kier alpha value is -0.290. The molecular formula is C7H13N3S2. The highest BCUT2D eigenvalue weighted by Crippen LogP contribution is 2.20. The molecule has 0 aliphatic heterocycles. The first-order chi connectivity index (χ1) is 5.88. The Bertz CT molecular complexity index is 224. The number of hydrogen-bond donors (Lipinski definition) is 1. The molecule has 0 aliphatic rings. The maximum Gasteiger partial charge on any atom is 0.134 e. The lowest BCUT2D eigenvalue weighted by atomic mass is 10.4. The summed E-state index contributed by atoms with van der Waals surface area (Å²) in [5.74, 6) is 0.947. The smallest absolute Gasteiger partial charge is 0.134 e. The first-order valence-corrected chi connectivity index (χ1v) is 6.09. The highest BCUT2D eigenvalue weighted by atomic mass is 32.2. The van der Waals surface area contributed by atoms with E-state index in [1.165, 1.54) is 11.5 Å². The molecule has 0 saturated heterocycles. The van der Waals surface area contributed by atoms with Crippen molar-refractivity contribution in [3.05, 3.63) is 5.69 Å². The van der Waals surface area contributed by atoms with Gasteiger partial charge in [0, 0.05) is 23.8 Å². The van der Waals surface area contributed by atoms with Gasteiger partial charge in [-0.05, 0) is 12.7 Å². The fourth-order valence-corrected chi connectivity index (χ4v) is 1.99. The Kier molecular flexibility index (Phi) is 4.39. The van der Waals surface area contributed by atoms with Gasteiger partial charge in [-0.15, -0.1) is 5.10 Å². The normalized spacial score (nSPS) is 10.2. The molecule has 3 nitrogen and oxygen atoms in total. The molecule has 1 N–H and O–H groups in total. The van der Waals surface area contributed by atoms with Gasteiger partial charge in [-0.2, -0.15) is 11.8 Å². The summed E-state index contributed by atoms with van der Waals surface area (Å²) in [4.78, 5) is 0. The fraction of sp³-hybridized carbons (Fsp3) is 0.714. The van der Waals surface area contributed by atoms with Crippen molar-refractivity contribution in [2.45, 2.75) is 19.1 Å². The van der Waals surface area contributed by atoms with E-state index in [1.807, 2.05) is 0 Å². The van der Waals surface area contributed by atoms with Crippen molar-refractivity contribution in [2.75, 3.05) is 18.1 Å². The topological polar surface area (TPSA) is 37.8 Å². The van der Waals surface area contributed by atoms with Crippen molar-refractivity contribution in [3.8, 4) is 0 Å². The number of anilines is 1. The van der Waals surface area contributed by atoms with Gasteiger partial charge in [0.2, 0.25) is 0 Å². The molecule has 1 rings (SSSR count). The maximum absolute atomic E-state index is 4.04.